The van der Waals surface area contributed by atoms with Gasteiger partial charge in [0.15, 0.2) is 19.9 Å². The van der Waals surface area contributed by atoms with Gasteiger partial charge in [-0.25, -0.2) is 0 Å². The van der Waals surface area contributed by atoms with E-state index in [9.17, 15) is 28.8 Å². The van der Waals surface area contributed by atoms with E-state index in [0.717, 1.165) is 25.7 Å². The first-order valence-electron chi connectivity index (χ1n) is 19.7. The Balaban J connectivity index is 0.000000212. The first kappa shape index (κ1) is 47.1. The van der Waals surface area contributed by atoms with E-state index in [2.05, 4.69) is 67.7 Å². The van der Waals surface area contributed by atoms with Crippen molar-refractivity contribution < 1.29 is 37.9 Å². The third kappa shape index (κ3) is 17.4. The van der Waals surface area contributed by atoms with Crippen LogP contribution in [-0.2, 0) is 37.9 Å². The fourth-order valence-corrected chi connectivity index (χ4v) is 12.0. The third-order valence-corrected chi connectivity index (χ3v) is 14.6. The topological polar surface area (TPSA) is 121 Å². The van der Waals surface area contributed by atoms with Crippen molar-refractivity contribution in [2.45, 2.75) is 117 Å². The Kier molecular flexibility index (Phi) is 17.7. The minimum Gasteiger partial charge on any atom is -0.469 e. The molecule has 0 amide bonds. The fourth-order valence-electron chi connectivity index (χ4n) is 6.50. The van der Waals surface area contributed by atoms with Gasteiger partial charge in [-0.3, -0.25) is 28.8 Å². The molecule has 3 aromatic carbocycles. The first-order chi connectivity index (χ1) is 26.8. The van der Waals surface area contributed by atoms with Crippen molar-refractivity contribution >= 4 is 71.8 Å². The van der Waals surface area contributed by atoms with Crippen LogP contribution in [0.2, 0.25) is 19.6 Å². The third-order valence-electron chi connectivity index (χ3n) is 9.44. The number of rotatable bonds is 9. The summed E-state index contributed by atoms with van der Waals surface area (Å²) in [5.74, 6) is 1.91. The molecule has 0 N–H and O–H groups in total. The van der Waals surface area contributed by atoms with Gasteiger partial charge >= 0.3 is 5.97 Å². The van der Waals surface area contributed by atoms with E-state index >= 15 is 0 Å². The van der Waals surface area contributed by atoms with Crippen molar-refractivity contribution in [3.05, 3.63) is 103 Å². The largest absolute Gasteiger partial charge is 0.469 e. The molecule has 4 saturated carbocycles. The molecule has 0 unspecified atom stereocenters. The normalized spacial score (nSPS) is 16.5. The van der Waals surface area contributed by atoms with Crippen LogP contribution >= 0.6 is 6.89 Å². The number of Topliss-reactive ketones (excluding diaryl/α,β-unsaturated/α-hetero) is 4. The molecular weight excluding hydrogens is 752 g/mol. The second-order valence-electron chi connectivity index (χ2n) is 16.6. The molecule has 0 aromatic heterocycles. The van der Waals surface area contributed by atoms with E-state index in [1.807, 2.05) is 60.4 Å². The van der Waals surface area contributed by atoms with Gasteiger partial charge in [0.1, 0.15) is 23.8 Å². The van der Waals surface area contributed by atoms with Crippen LogP contribution < -0.4 is 15.9 Å². The van der Waals surface area contributed by atoms with E-state index in [0.29, 0.717) is 18.4 Å². The molecule has 57 heavy (non-hydrogen) atoms. The number of ketones is 5. The van der Waals surface area contributed by atoms with Crippen LogP contribution in [0.25, 0.3) is 0 Å². The lowest BCUT2D eigenvalue weighted by atomic mass is 9.85. The van der Waals surface area contributed by atoms with Crippen LogP contribution in [0.3, 0.4) is 0 Å². The molecule has 0 bridgehead atoms. The Bertz CT molecular complexity index is 1810. The van der Waals surface area contributed by atoms with Crippen molar-refractivity contribution in [3.8, 4) is 0 Å². The predicted molar refractivity (Wildman–Crippen MR) is 235 cm³/mol. The standard InChI is InChI=1S/C21H19OP.C8H10O2.C7H16OSi.C6H8O.C5H8O3/c1-18(22)17-23(19-11-5-2-6-12-19,20-13-7-3-8-14-20)21-15-9-4-10-16-21;9-6-3-7(10)5-8(4-6)1-2-8;1-7(5-6-7)8-9(2,3)4;1-5(7)4-6-2-3-6;1-4(6)3-5(7)8-2/h2-17H,1H3;1-5H2;5-6H2,1-4H3;4H,2-3H2,1H3;3H2,1-2H3. The number of hydrogen-bond acceptors (Lipinski definition) is 8. The Hall–Kier alpha value is -4.30. The number of ether oxygens (including phenoxy) is 1. The second kappa shape index (κ2) is 21.5. The number of esters is 1. The summed E-state index contributed by atoms with van der Waals surface area (Å²) in [5, 5.41) is 3.60. The molecule has 8 nitrogen and oxygen atoms in total. The summed E-state index contributed by atoms with van der Waals surface area (Å²) in [6.45, 7) is 11.4. The molecule has 4 aliphatic rings. The molecule has 7 rings (SSSR count). The van der Waals surface area contributed by atoms with Gasteiger partial charge in [-0.15, -0.1) is 0 Å². The van der Waals surface area contributed by atoms with Gasteiger partial charge in [0, 0.05) is 12.8 Å². The molecule has 0 radical (unpaired) electrons. The van der Waals surface area contributed by atoms with Gasteiger partial charge in [-0.1, -0.05) is 96.6 Å². The van der Waals surface area contributed by atoms with Crippen LogP contribution in [0, 0.1) is 5.41 Å². The molecule has 4 fully saturated rings. The molecule has 0 saturated heterocycles. The smallest absolute Gasteiger partial charge is 0.313 e. The van der Waals surface area contributed by atoms with Crippen molar-refractivity contribution in [1.82, 2.24) is 0 Å². The molecule has 0 heterocycles. The first-order valence-corrected chi connectivity index (χ1v) is 25.0. The highest BCUT2D eigenvalue weighted by Crippen LogP contribution is 2.54. The Morgan fingerprint density at radius 1 is 0.684 bits per heavy atom. The maximum absolute atomic E-state index is 12.2. The SMILES string of the molecule is CC(=O)C=C1CC1.CC(=O)C=P(c1ccccc1)(c1ccccc1)c1ccccc1.CC1(O[Si](C)(C)C)CC1.COC(=O)CC(C)=O.O=C1CC(=O)CC2(CC2)C1. The van der Waals surface area contributed by atoms with Gasteiger partial charge in [0.2, 0.25) is 0 Å². The zero-order chi connectivity index (χ0) is 42.3. The lowest BCUT2D eigenvalue weighted by Gasteiger charge is -2.28. The average Bonchev–Trinajstić information content (AvgIpc) is 4.09. The number of carbonyl (C=O) groups excluding carboxylic acids is 6. The van der Waals surface area contributed by atoms with E-state index in [1.54, 1.807) is 19.9 Å². The minimum absolute atomic E-state index is 0.106. The van der Waals surface area contributed by atoms with Gasteiger partial charge in [0.25, 0.3) is 0 Å². The second-order valence-corrected chi connectivity index (χ2v) is 24.3. The zero-order valence-electron chi connectivity index (χ0n) is 35.1. The van der Waals surface area contributed by atoms with E-state index < -0.39 is 21.2 Å². The fraction of sp³-hybridized carbons (Fsp3) is 0.426. The number of methoxy groups -OCH3 is 1. The highest BCUT2D eigenvalue weighted by Gasteiger charge is 2.48. The summed E-state index contributed by atoms with van der Waals surface area (Å²) in [6.07, 6.45) is 10.2. The minimum atomic E-state index is -2.08. The lowest BCUT2D eigenvalue weighted by molar-refractivity contribution is -0.143. The highest BCUT2D eigenvalue weighted by atomic mass is 31.2. The van der Waals surface area contributed by atoms with E-state index in [-0.39, 0.29) is 47.2 Å². The van der Waals surface area contributed by atoms with Crippen LogP contribution in [-0.4, -0.2) is 61.7 Å². The molecule has 0 aliphatic heterocycles. The zero-order valence-corrected chi connectivity index (χ0v) is 37.0. The Labute approximate surface area is 340 Å². The van der Waals surface area contributed by atoms with E-state index in [1.165, 1.54) is 48.4 Å². The summed E-state index contributed by atoms with van der Waals surface area (Å²) in [6, 6.07) is 31.1. The molecule has 3 aromatic rings. The van der Waals surface area contributed by atoms with Crippen molar-refractivity contribution in [2.75, 3.05) is 7.11 Å². The molecule has 10 heteroatoms. The molecule has 306 valence electrons. The van der Waals surface area contributed by atoms with Crippen LogP contribution in [0.4, 0.5) is 0 Å². The summed E-state index contributed by atoms with van der Waals surface area (Å²) >= 11 is 0. The maximum Gasteiger partial charge on any atom is 0.313 e. The predicted octanol–water partition coefficient (Wildman–Crippen LogP) is 8.28. The van der Waals surface area contributed by atoms with Crippen molar-refractivity contribution in [1.29, 1.82) is 0 Å². The Morgan fingerprint density at radius 3 is 1.33 bits per heavy atom. The summed E-state index contributed by atoms with van der Waals surface area (Å²) in [5.41, 5.74) is 1.78. The monoisotopic (exact) mass is 812 g/mol. The number of carbonyl (C=O) groups is 6. The number of hydrogen-bond donors (Lipinski definition) is 0. The van der Waals surface area contributed by atoms with Crippen LogP contribution in [0.1, 0.15) is 91.9 Å². The number of allylic oxidation sites excluding steroid dienone is 2. The number of benzene rings is 3. The lowest BCUT2D eigenvalue weighted by Crippen LogP contribution is -2.31. The summed E-state index contributed by atoms with van der Waals surface area (Å²) in [4.78, 5) is 64.5. The van der Waals surface area contributed by atoms with Gasteiger partial charge in [-0.2, -0.15) is 0 Å². The van der Waals surface area contributed by atoms with Gasteiger partial charge in [-0.05, 0) is 126 Å². The van der Waals surface area contributed by atoms with Crippen LogP contribution in [0.5, 0.6) is 0 Å². The Morgan fingerprint density at radius 2 is 1.11 bits per heavy atom. The quantitative estimate of drug-likeness (QED) is 0.0697. The van der Waals surface area contributed by atoms with E-state index in [4.69, 9.17) is 4.43 Å². The molecule has 1 spiro atoms. The van der Waals surface area contributed by atoms with Crippen molar-refractivity contribution in [3.63, 3.8) is 0 Å². The summed E-state index contributed by atoms with van der Waals surface area (Å²) in [7, 11) is 0.0251. The summed E-state index contributed by atoms with van der Waals surface area (Å²) < 4.78 is 10.1. The highest BCUT2D eigenvalue weighted by molar-refractivity contribution is 7.95. The van der Waals surface area contributed by atoms with Gasteiger partial charge < -0.3 is 9.16 Å². The molecule has 0 atom stereocenters. The van der Waals surface area contributed by atoms with Crippen molar-refractivity contribution in [2.24, 2.45) is 5.41 Å². The molecule has 4 aliphatic carbocycles. The average molecular weight is 813 g/mol. The van der Waals surface area contributed by atoms with Gasteiger partial charge in [0.05, 0.1) is 19.1 Å². The maximum atomic E-state index is 12.2. The molecular formula is C47H61O8PSi. The van der Waals surface area contributed by atoms with Crippen LogP contribution in [0.15, 0.2) is 103 Å².